The molecule has 0 saturated heterocycles. The van der Waals surface area contributed by atoms with E-state index in [-0.39, 0.29) is 17.7 Å². The molecule has 6 nitrogen and oxygen atoms in total. The SMILES string of the molecule is COOc1cc(N(C(C)C)C(C)C)ccc1C(C1=C(C)CC(c2ccc(OC)cc2)CC1=O)N(C)C. The van der Waals surface area contributed by atoms with Crippen LogP contribution in [0.15, 0.2) is 53.6 Å². The lowest BCUT2D eigenvalue weighted by molar-refractivity contribution is -0.179. The standard InChI is InChI=1S/C30H42N2O4/c1-19(2)32(20(3)4)24-12-15-26(28(18-24)36-35-9)30(31(6)7)29-21(5)16-23(17-27(29)33)22-10-13-25(34-8)14-11-22/h10-15,18-20,23,30H,16-17H2,1-9H3. The zero-order valence-electron chi connectivity index (χ0n) is 23.3. The van der Waals surface area contributed by atoms with E-state index in [4.69, 9.17) is 14.5 Å². The van der Waals surface area contributed by atoms with Gasteiger partial charge in [-0.25, -0.2) is 0 Å². The number of ether oxygens (including phenoxy) is 1. The van der Waals surface area contributed by atoms with Crippen LogP contribution in [0.5, 0.6) is 11.5 Å². The molecule has 0 aromatic heterocycles. The largest absolute Gasteiger partial charge is 0.497 e. The van der Waals surface area contributed by atoms with E-state index < -0.39 is 0 Å². The maximum absolute atomic E-state index is 13.7. The van der Waals surface area contributed by atoms with Gasteiger partial charge in [-0.3, -0.25) is 9.69 Å². The van der Waals surface area contributed by atoms with Crippen molar-refractivity contribution in [3.8, 4) is 11.5 Å². The van der Waals surface area contributed by atoms with Crippen LogP contribution >= 0.6 is 0 Å². The van der Waals surface area contributed by atoms with Gasteiger partial charge in [0.15, 0.2) is 11.5 Å². The molecule has 36 heavy (non-hydrogen) atoms. The Labute approximate surface area is 216 Å². The van der Waals surface area contributed by atoms with Crippen LogP contribution in [-0.2, 0) is 9.68 Å². The molecule has 1 aliphatic carbocycles. The molecule has 0 bridgehead atoms. The van der Waals surface area contributed by atoms with Crippen molar-refractivity contribution in [2.45, 2.75) is 71.5 Å². The van der Waals surface area contributed by atoms with Crippen LogP contribution in [0.2, 0.25) is 0 Å². The summed E-state index contributed by atoms with van der Waals surface area (Å²) in [5, 5.41) is 0. The summed E-state index contributed by atoms with van der Waals surface area (Å²) in [5.74, 6) is 1.80. The van der Waals surface area contributed by atoms with E-state index in [0.29, 0.717) is 24.3 Å². The number of hydrogen-bond acceptors (Lipinski definition) is 6. The molecule has 0 fully saturated rings. The first-order chi connectivity index (χ1) is 17.1. The van der Waals surface area contributed by atoms with Gasteiger partial charge in [0.1, 0.15) is 5.75 Å². The van der Waals surface area contributed by atoms with Gasteiger partial charge in [-0.1, -0.05) is 23.8 Å². The second-order valence-corrected chi connectivity index (χ2v) is 10.4. The second-order valence-electron chi connectivity index (χ2n) is 10.4. The zero-order valence-corrected chi connectivity index (χ0v) is 23.3. The number of ketones is 1. The molecule has 0 radical (unpaired) electrons. The van der Waals surface area contributed by atoms with Crippen molar-refractivity contribution in [3.05, 3.63) is 64.7 Å². The first-order valence-electron chi connectivity index (χ1n) is 12.7. The van der Waals surface area contributed by atoms with Crippen LogP contribution < -0.4 is 14.5 Å². The van der Waals surface area contributed by atoms with E-state index >= 15 is 0 Å². The molecule has 0 heterocycles. The maximum Gasteiger partial charge on any atom is 0.172 e. The van der Waals surface area contributed by atoms with Crippen LogP contribution in [0.1, 0.15) is 70.5 Å². The smallest absolute Gasteiger partial charge is 0.172 e. The summed E-state index contributed by atoms with van der Waals surface area (Å²) in [5.41, 5.74) is 5.11. The van der Waals surface area contributed by atoms with Gasteiger partial charge in [0.05, 0.1) is 20.3 Å². The number of anilines is 1. The summed E-state index contributed by atoms with van der Waals surface area (Å²) in [4.78, 5) is 28.9. The highest BCUT2D eigenvalue weighted by atomic mass is 17.2. The molecule has 2 aromatic rings. The number of benzene rings is 2. The number of rotatable bonds is 10. The Bertz CT molecular complexity index is 1060. The summed E-state index contributed by atoms with van der Waals surface area (Å²) in [6.07, 6.45) is 1.32. The number of allylic oxidation sites excluding steroid dienone is 1. The lowest BCUT2D eigenvalue weighted by atomic mass is 9.76. The minimum absolute atomic E-state index is 0.165. The Morgan fingerprint density at radius 3 is 2.06 bits per heavy atom. The van der Waals surface area contributed by atoms with Gasteiger partial charge in [0, 0.05) is 41.4 Å². The number of carbonyl (C=O) groups is 1. The number of methoxy groups -OCH3 is 1. The third kappa shape index (κ3) is 5.93. The molecule has 3 rings (SSSR count). The van der Waals surface area contributed by atoms with E-state index in [2.05, 4.69) is 68.7 Å². The fourth-order valence-electron chi connectivity index (χ4n) is 5.58. The zero-order chi connectivity index (χ0) is 26.6. The van der Waals surface area contributed by atoms with Crippen molar-refractivity contribution < 1.29 is 19.3 Å². The first-order valence-corrected chi connectivity index (χ1v) is 12.7. The topological polar surface area (TPSA) is 51.2 Å². The molecule has 0 N–H and O–H groups in total. The van der Waals surface area contributed by atoms with Crippen molar-refractivity contribution in [2.24, 2.45) is 0 Å². The molecule has 2 aromatic carbocycles. The average molecular weight is 495 g/mol. The Morgan fingerprint density at radius 2 is 1.56 bits per heavy atom. The van der Waals surface area contributed by atoms with Crippen molar-refractivity contribution in [1.82, 2.24) is 4.90 Å². The Kier molecular flexibility index (Phi) is 9.20. The third-order valence-electron chi connectivity index (χ3n) is 7.00. The molecule has 0 saturated carbocycles. The fraction of sp³-hybridized carbons (Fsp3) is 0.500. The number of carbonyl (C=O) groups excluding carboxylic acids is 1. The minimum atomic E-state index is -0.236. The van der Waals surface area contributed by atoms with E-state index in [1.165, 1.54) is 12.7 Å². The van der Waals surface area contributed by atoms with Crippen molar-refractivity contribution >= 4 is 11.5 Å². The van der Waals surface area contributed by atoms with Crippen LogP contribution in [-0.4, -0.2) is 51.1 Å². The first kappa shape index (κ1) is 27.8. The fourth-order valence-corrected chi connectivity index (χ4v) is 5.58. The quantitative estimate of drug-likeness (QED) is 0.284. The van der Waals surface area contributed by atoms with Crippen LogP contribution in [0.4, 0.5) is 5.69 Å². The van der Waals surface area contributed by atoms with Crippen molar-refractivity contribution in [1.29, 1.82) is 0 Å². The Hall–Kier alpha value is -2.83. The number of hydrogen-bond donors (Lipinski definition) is 0. The van der Waals surface area contributed by atoms with Crippen molar-refractivity contribution in [2.75, 3.05) is 33.2 Å². The average Bonchev–Trinajstić information content (AvgIpc) is 2.81. The van der Waals surface area contributed by atoms with E-state index in [1.807, 2.05) is 32.3 Å². The molecule has 1 aliphatic rings. The number of likely N-dealkylation sites (N-methyl/N-ethyl adjacent to an activating group) is 1. The lowest BCUT2D eigenvalue weighted by Gasteiger charge is -2.35. The third-order valence-corrected chi connectivity index (χ3v) is 7.00. The Balaban J connectivity index is 2.02. The summed E-state index contributed by atoms with van der Waals surface area (Å²) >= 11 is 0. The number of Topliss-reactive ketones (excluding diaryl/α,β-unsaturated/α-hetero) is 1. The summed E-state index contributed by atoms with van der Waals surface area (Å²) < 4.78 is 5.30. The van der Waals surface area contributed by atoms with Gasteiger partial charge in [-0.2, -0.15) is 4.89 Å². The van der Waals surface area contributed by atoms with Crippen LogP contribution in [0.25, 0.3) is 0 Å². The summed E-state index contributed by atoms with van der Waals surface area (Å²) in [7, 11) is 7.19. The molecular weight excluding hydrogens is 452 g/mol. The van der Waals surface area contributed by atoms with E-state index in [1.54, 1.807) is 7.11 Å². The maximum atomic E-state index is 13.7. The number of nitrogens with zero attached hydrogens (tertiary/aromatic N) is 2. The van der Waals surface area contributed by atoms with E-state index in [0.717, 1.165) is 34.6 Å². The Morgan fingerprint density at radius 1 is 0.917 bits per heavy atom. The minimum Gasteiger partial charge on any atom is -0.497 e. The second kappa shape index (κ2) is 11.9. The molecule has 0 aliphatic heterocycles. The monoisotopic (exact) mass is 494 g/mol. The van der Waals surface area contributed by atoms with Gasteiger partial charge in [0.25, 0.3) is 0 Å². The van der Waals surface area contributed by atoms with Gasteiger partial charge in [-0.05, 0) is 84.8 Å². The normalized spacial score (nSPS) is 17.2. The van der Waals surface area contributed by atoms with E-state index in [9.17, 15) is 4.79 Å². The lowest BCUT2D eigenvalue weighted by Crippen LogP contribution is -2.37. The molecule has 0 amide bonds. The molecule has 2 atom stereocenters. The van der Waals surface area contributed by atoms with Gasteiger partial charge in [0.2, 0.25) is 0 Å². The van der Waals surface area contributed by atoms with Gasteiger partial charge >= 0.3 is 0 Å². The molecule has 196 valence electrons. The predicted octanol–water partition coefficient (Wildman–Crippen LogP) is 6.32. The highest BCUT2D eigenvalue weighted by Crippen LogP contribution is 2.44. The van der Waals surface area contributed by atoms with Gasteiger partial charge < -0.3 is 14.5 Å². The van der Waals surface area contributed by atoms with Crippen molar-refractivity contribution in [3.63, 3.8) is 0 Å². The molecular formula is C30H42N2O4. The molecule has 6 heteroatoms. The van der Waals surface area contributed by atoms with Crippen LogP contribution in [0.3, 0.4) is 0 Å². The summed E-state index contributed by atoms with van der Waals surface area (Å²) in [6, 6.07) is 14.7. The summed E-state index contributed by atoms with van der Waals surface area (Å²) in [6.45, 7) is 10.8. The predicted molar refractivity (Wildman–Crippen MR) is 146 cm³/mol. The highest BCUT2D eigenvalue weighted by Gasteiger charge is 2.35. The molecule has 0 spiro atoms. The van der Waals surface area contributed by atoms with Gasteiger partial charge in [-0.15, -0.1) is 0 Å². The highest BCUT2D eigenvalue weighted by molar-refractivity contribution is 5.99. The van der Waals surface area contributed by atoms with Crippen LogP contribution in [0, 0.1) is 0 Å². The molecule has 2 unspecified atom stereocenters.